The Morgan fingerprint density at radius 3 is 2.80 bits per heavy atom. The fourth-order valence-corrected chi connectivity index (χ4v) is 4.99. The number of fused-ring (bicyclic) bond motifs is 1. The number of aryl methyl sites for hydroxylation is 1. The first-order valence-corrected chi connectivity index (χ1v) is 11.3. The molecule has 6 nitrogen and oxygen atoms in total. The number of nitrogens with zero attached hydrogens (tertiary/aromatic N) is 2. The van der Waals surface area contributed by atoms with E-state index in [4.69, 9.17) is 10.8 Å². The van der Waals surface area contributed by atoms with E-state index >= 15 is 0 Å². The number of hydrogen-bond donors (Lipinski definition) is 3. The number of nitrogens with one attached hydrogen (secondary N) is 1. The minimum Gasteiger partial charge on any atom is -0.391 e. The first-order chi connectivity index (χ1) is 14.3. The van der Waals surface area contributed by atoms with Crippen LogP contribution in [-0.2, 0) is 19.3 Å². The molecule has 1 aromatic heterocycles. The molecule has 2 atom stereocenters. The van der Waals surface area contributed by atoms with Crippen molar-refractivity contribution in [3.05, 3.63) is 40.7 Å². The van der Waals surface area contributed by atoms with E-state index in [2.05, 4.69) is 30.8 Å². The number of anilines is 1. The normalized spacial score (nSPS) is 23.1. The van der Waals surface area contributed by atoms with E-state index in [1.165, 1.54) is 17.7 Å². The summed E-state index contributed by atoms with van der Waals surface area (Å²) in [5.74, 6) is -0.466. The molecule has 0 spiro atoms. The molecule has 0 aliphatic heterocycles. The van der Waals surface area contributed by atoms with Crippen LogP contribution in [0.15, 0.2) is 18.2 Å². The molecule has 0 bridgehead atoms. The second kappa shape index (κ2) is 8.06. The molecule has 4 rings (SSSR count). The van der Waals surface area contributed by atoms with Crippen molar-refractivity contribution in [3.63, 3.8) is 0 Å². The van der Waals surface area contributed by atoms with Crippen molar-refractivity contribution in [1.29, 1.82) is 0 Å². The Labute approximate surface area is 178 Å². The summed E-state index contributed by atoms with van der Waals surface area (Å²) in [5.41, 5.74) is 11.8. The van der Waals surface area contributed by atoms with E-state index in [-0.39, 0.29) is 11.5 Å². The van der Waals surface area contributed by atoms with E-state index in [9.17, 15) is 9.90 Å². The van der Waals surface area contributed by atoms with Gasteiger partial charge in [-0.2, -0.15) is 5.10 Å². The predicted octanol–water partition coefficient (Wildman–Crippen LogP) is 3.76. The molecule has 1 amide bonds. The topological polar surface area (TPSA) is 93.2 Å². The van der Waals surface area contributed by atoms with Crippen LogP contribution >= 0.6 is 0 Å². The highest BCUT2D eigenvalue weighted by molar-refractivity contribution is 5.99. The predicted molar refractivity (Wildman–Crippen MR) is 119 cm³/mol. The van der Waals surface area contributed by atoms with Gasteiger partial charge in [-0.25, -0.2) is 4.68 Å². The maximum absolute atomic E-state index is 12.1. The zero-order valence-electron chi connectivity index (χ0n) is 18.4. The molecule has 2 aromatic rings. The first kappa shape index (κ1) is 20.9. The lowest BCUT2D eigenvalue weighted by atomic mass is 9.76. The van der Waals surface area contributed by atoms with Gasteiger partial charge in [-0.1, -0.05) is 33.6 Å². The molecule has 2 aliphatic carbocycles. The van der Waals surface area contributed by atoms with E-state index in [0.717, 1.165) is 56.3 Å². The molecule has 162 valence electrons. The van der Waals surface area contributed by atoms with Crippen molar-refractivity contribution in [2.45, 2.75) is 84.3 Å². The summed E-state index contributed by atoms with van der Waals surface area (Å²) in [6, 6.07) is 5.61. The molecule has 1 saturated carbocycles. The van der Waals surface area contributed by atoms with Gasteiger partial charge in [0.15, 0.2) is 0 Å². The average Bonchev–Trinajstić information content (AvgIpc) is 3.06. The van der Waals surface area contributed by atoms with Crippen LogP contribution in [0.25, 0.3) is 5.69 Å². The summed E-state index contributed by atoms with van der Waals surface area (Å²) in [6.45, 7) is 6.78. The summed E-state index contributed by atoms with van der Waals surface area (Å²) >= 11 is 0. The number of hydrogen-bond acceptors (Lipinski definition) is 4. The minimum absolute atomic E-state index is 0.0660. The minimum atomic E-state index is -0.466. The van der Waals surface area contributed by atoms with Crippen LogP contribution in [-0.4, -0.2) is 32.9 Å². The molecule has 1 aromatic carbocycles. The van der Waals surface area contributed by atoms with Gasteiger partial charge in [0.25, 0.3) is 5.91 Å². The van der Waals surface area contributed by atoms with Crippen molar-refractivity contribution in [3.8, 4) is 5.69 Å². The lowest BCUT2D eigenvalue weighted by Crippen LogP contribution is -2.37. The molecule has 1 fully saturated rings. The van der Waals surface area contributed by atoms with Crippen molar-refractivity contribution in [2.75, 3.05) is 5.32 Å². The maximum atomic E-state index is 12.1. The zero-order chi connectivity index (χ0) is 21.5. The smallest absolute Gasteiger partial charge is 0.250 e. The molecule has 0 saturated heterocycles. The Hall–Kier alpha value is -2.34. The van der Waals surface area contributed by atoms with Gasteiger partial charge in [0, 0.05) is 11.4 Å². The van der Waals surface area contributed by atoms with Gasteiger partial charge in [-0.3, -0.25) is 4.79 Å². The number of rotatable bonds is 5. The summed E-state index contributed by atoms with van der Waals surface area (Å²) in [5, 5.41) is 18.8. The van der Waals surface area contributed by atoms with Gasteiger partial charge in [0.05, 0.1) is 29.1 Å². The van der Waals surface area contributed by atoms with Crippen molar-refractivity contribution < 1.29 is 9.90 Å². The molecule has 0 radical (unpaired) electrons. The highest BCUT2D eigenvalue weighted by Gasteiger charge is 2.31. The second-order valence-corrected chi connectivity index (χ2v) is 9.68. The molecule has 0 unspecified atom stereocenters. The summed E-state index contributed by atoms with van der Waals surface area (Å²) < 4.78 is 2.06. The average molecular weight is 411 g/mol. The second-order valence-electron chi connectivity index (χ2n) is 9.68. The maximum Gasteiger partial charge on any atom is 0.250 e. The highest BCUT2D eigenvalue weighted by atomic mass is 16.3. The summed E-state index contributed by atoms with van der Waals surface area (Å²) in [4.78, 5) is 12.1. The monoisotopic (exact) mass is 410 g/mol. The molecule has 4 N–H and O–H groups in total. The number of nitrogens with two attached hydrogens (primary N) is 1. The molecule has 2 aliphatic rings. The van der Waals surface area contributed by atoms with Crippen LogP contribution < -0.4 is 11.1 Å². The van der Waals surface area contributed by atoms with Gasteiger partial charge in [0.1, 0.15) is 0 Å². The van der Waals surface area contributed by atoms with E-state index in [1.54, 1.807) is 6.07 Å². The molecular formula is C24H34N4O2. The third kappa shape index (κ3) is 3.97. The van der Waals surface area contributed by atoms with Crippen LogP contribution in [0, 0.1) is 5.41 Å². The number of aromatic nitrogens is 2. The zero-order valence-corrected chi connectivity index (χ0v) is 18.4. The third-order valence-corrected chi connectivity index (χ3v) is 6.79. The molecule has 1 heterocycles. The van der Waals surface area contributed by atoms with Gasteiger partial charge in [-0.15, -0.1) is 0 Å². The number of primary amides is 1. The van der Waals surface area contributed by atoms with E-state index < -0.39 is 12.0 Å². The Morgan fingerprint density at radius 2 is 2.10 bits per heavy atom. The van der Waals surface area contributed by atoms with E-state index in [1.807, 2.05) is 12.1 Å². The molecule has 6 heteroatoms. The number of aliphatic hydroxyl groups excluding tert-OH is 1. The Morgan fingerprint density at radius 1 is 1.33 bits per heavy atom. The van der Waals surface area contributed by atoms with Gasteiger partial charge >= 0.3 is 0 Å². The van der Waals surface area contributed by atoms with Crippen LogP contribution in [0.4, 0.5) is 5.69 Å². The first-order valence-electron chi connectivity index (χ1n) is 11.3. The van der Waals surface area contributed by atoms with Crippen molar-refractivity contribution in [2.24, 2.45) is 11.1 Å². The van der Waals surface area contributed by atoms with Crippen LogP contribution in [0.2, 0.25) is 0 Å². The lowest BCUT2D eigenvalue weighted by molar-refractivity contribution is 0.0999. The number of carbonyl (C=O) groups excluding carboxylic acids is 1. The largest absolute Gasteiger partial charge is 0.391 e. The Bertz CT molecular complexity index is 947. The van der Waals surface area contributed by atoms with Gasteiger partial charge in [0.2, 0.25) is 0 Å². The van der Waals surface area contributed by atoms with E-state index in [0.29, 0.717) is 11.3 Å². The molecular weight excluding hydrogens is 376 g/mol. The highest BCUT2D eigenvalue weighted by Crippen LogP contribution is 2.38. The Balaban J connectivity index is 1.75. The van der Waals surface area contributed by atoms with Crippen LogP contribution in [0.1, 0.15) is 80.2 Å². The fraction of sp³-hybridized carbons (Fsp3) is 0.583. The standard InChI is InChI=1S/C24H34N4O2/c1-4-18-16-11-12-24(2,3)14-21(16)28(27-18)15-9-10-17(23(25)30)20(13-15)26-19-7-5-6-8-22(19)29/h9-10,13,19,22,26,29H,4-8,11-12,14H2,1-3H3,(H2,25,30)/t19-,22-/m0/s1. The Kier molecular flexibility index (Phi) is 5.62. The lowest BCUT2D eigenvalue weighted by Gasteiger charge is -2.31. The van der Waals surface area contributed by atoms with Gasteiger partial charge in [-0.05, 0) is 67.7 Å². The van der Waals surface area contributed by atoms with Crippen LogP contribution in [0.5, 0.6) is 0 Å². The van der Waals surface area contributed by atoms with Crippen molar-refractivity contribution in [1.82, 2.24) is 9.78 Å². The quantitative estimate of drug-likeness (QED) is 0.700. The SMILES string of the molecule is CCc1nn(-c2ccc(C(N)=O)c(N[C@H]3CCCC[C@@H]3O)c2)c2c1CCC(C)(C)C2. The number of carbonyl (C=O) groups is 1. The summed E-state index contributed by atoms with van der Waals surface area (Å²) in [6.07, 6.45) is 7.49. The number of amides is 1. The van der Waals surface area contributed by atoms with Crippen molar-refractivity contribution >= 4 is 11.6 Å². The van der Waals surface area contributed by atoms with Crippen LogP contribution in [0.3, 0.4) is 0 Å². The number of benzene rings is 1. The fourth-order valence-electron chi connectivity index (χ4n) is 4.99. The molecule has 30 heavy (non-hydrogen) atoms. The summed E-state index contributed by atoms with van der Waals surface area (Å²) in [7, 11) is 0. The third-order valence-electron chi connectivity index (χ3n) is 6.79. The number of aliphatic hydroxyl groups is 1. The van der Waals surface area contributed by atoms with Gasteiger partial charge < -0.3 is 16.2 Å².